The summed E-state index contributed by atoms with van der Waals surface area (Å²) < 4.78 is 5.75. The van der Waals surface area contributed by atoms with E-state index in [0.717, 1.165) is 70.6 Å². The Morgan fingerprint density at radius 1 is 0.971 bits per heavy atom. The van der Waals surface area contributed by atoms with E-state index in [1.54, 1.807) is 14.0 Å². The van der Waals surface area contributed by atoms with Crippen LogP contribution in [-0.4, -0.2) is 46.2 Å². The SMILES string of the molecule is COC1C(CCC(C)CCCC(C)(O)CCCC(C)CCCC(C)C(=O)O)=CC(O)C(C)C1C. The minimum absolute atomic E-state index is 0.106. The molecule has 8 atom stereocenters. The number of carboxylic acids is 1. The Bertz CT molecular complexity index is 614. The van der Waals surface area contributed by atoms with Crippen LogP contribution in [-0.2, 0) is 9.53 Å². The van der Waals surface area contributed by atoms with Crippen molar-refractivity contribution in [2.45, 2.75) is 130 Å². The number of rotatable bonds is 17. The maximum absolute atomic E-state index is 10.9. The highest BCUT2D eigenvalue weighted by Crippen LogP contribution is 2.35. The lowest BCUT2D eigenvalue weighted by atomic mass is 9.76. The zero-order chi connectivity index (χ0) is 25.9. The fourth-order valence-corrected chi connectivity index (χ4v) is 5.37. The van der Waals surface area contributed by atoms with Crippen LogP contribution in [0.3, 0.4) is 0 Å². The Hall–Kier alpha value is -0.910. The van der Waals surface area contributed by atoms with Crippen molar-refractivity contribution in [2.24, 2.45) is 29.6 Å². The molecule has 8 unspecified atom stereocenters. The van der Waals surface area contributed by atoms with Crippen LogP contribution in [0, 0.1) is 29.6 Å². The summed E-state index contributed by atoms with van der Waals surface area (Å²) in [6.45, 7) is 12.5. The fraction of sp³-hybridized carbons (Fsp3) is 0.897. The average molecular weight is 483 g/mol. The lowest BCUT2D eigenvalue weighted by Gasteiger charge is -2.37. The number of carboxylic acid groups (broad SMARTS) is 1. The van der Waals surface area contributed by atoms with Crippen molar-refractivity contribution >= 4 is 5.97 Å². The Morgan fingerprint density at radius 2 is 1.50 bits per heavy atom. The minimum atomic E-state index is -0.703. The van der Waals surface area contributed by atoms with Gasteiger partial charge in [-0.05, 0) is 68.3 Å². The molecule has 1 aliphatic rings. The van der Waals surface area contributed by atoms with Gasteiger partial charge < -0.3 is 20.1 Å². The predicted molar refractivity (Wildman–Crippen MR) is 140 cm³/mol. The number of ether oxygens (including phenoxy) is 1. The Balaban J connectivity index is 2.26. The molecular weight excluding hydrogens is 428 g/mol. The first-order valence-corrected chi connectivity index (χ1v) is 13.7. The molecule has 0 amide bonds. The van der Waals surface area contributed by atoms with E-state index in [0.29, 0.717) is 17.8 Å². The van der Waals surface area contributed by atoms with Gasteiger partial charge in [0, 0.05) is 7.11 Å². The van der Waals surface area contributed by atoms with E-state index < -0.39 is 11.6 Å². The zero-order valence-electron chi connectivity index (χ0n) is 23.1. The number of hydrogen-bond acceptors (Lipinski definition) is 4. The van der Waals surface area contributed by atoms with Gasteiger partial charge in [-0.1, -0.05) is 79.2 Å². The van der Waals surface area contributed by atoms with Crippen LogP contribution in [0.4, 0.5) is 0 Å². The Morgan fingerprint density at radius 3 is 2.03 bits per heavy atom. The number of hydrogen-bond donors (Lipinski definition) is 3. The molecule has 0 aliphatic heterocycles. The largest absolute Gasteiger partial charge is 0.481 e. The van der Waals surface area contributed by atoms with Gasteiger partial charge in [-0.3, -0.25) is 4.79 Å². The van der Waals surface area contributed by atoms with E-state index in [1.807, 2.05) is 13.0 Å². The highest BCUT2D eigenvalue weighted by molar-refractivity contribution is 5.69. The van der Waals surface area contributed by atoms with Gasteiger partial charge in [0.05, 0.1) is 23.7 Å². The molecule has 200 valence electrons. The summed E-state index contributed by atoms with van der Waals surface area (Å²) in [7, 11) is 1.77. The van der Waals surface area contributed by atoms with Crippen molar-refractivity contribution < 1.29 is 24.9 Å². The van der Waals surface area contributed by atoms with Gasteiger partial charge >= 0.3 is 5.97 Å². The lowest BCUT2D eigenvalue weighted by molar-refractivity contribution is -0.141. The van der Waals surface area contributed by atoms with Crippen molar-refractivity contribution in [3.05, 3.63) is 11.6 Å². The molecule has 0 heterocycles. The molecule has 1 rings (SSSR count). The molecule has 3 N–H and O–H groups in total. The summed E-state index contributed by atoms with van der Waals surface area (Å²) in [6.07, 6.45) is 12.5. The standard InChI is InChI=1S/C29H54O5/c1-20(11-8-14-22(3)28(31)32)12-9-17-29(6,33)18-10-13-21(2)15-16-25-19-26(30)23(4)24(5)27(25)34-7/h19-24,26-27,30,33H,8-18H2,1-7H3,(H,31,32). The summed E-state index contributed by atoms with van der Waals surface area (Å²) in [5.74, 6) is 0.736. The maximum atomic E-state index is 10.9. The second-order valence-electron chi connectivity index (χ2n) is 11.8. The molecule has 5 heteroatoms. The molecule has 0 bridgehead atoms. The molecule has 1 aliphatic carbocycles. The minimum Gasteiger partial charge on any atom is -0.481 e. The molecule has 0 spiro atoms. The highest BCUT2D eigenvalue weighted by Gasteiger charge is 2.34. The van der Waals surface area contributed by atoms with Crippen LogP contribution in [0.1, 0.15) is 112 Å². The van der Waals surface area contributed by atoms with Crippen LogP contribution < -0.4 is 0 Å². The third kappa shape index (κ3) is 11.2. The first-order valence-electron chi connectivity index (χ1n) is 13.7. The molecule has 0 aromatic carbocycles. The van der Waals surface area contributed by atoms with E-state index in [4.69, 9.17) is 9.84 Å². The van der Waals surface area contributed by atoms with Gasteiger partial charge in [0.25, 0.3) is 0 Å². The molecular formula is C29H54O5. The second kappa shape index (κ2) is 15.3. The number of aliphatic hydroxyl groups is 2. The molecule has 0 fully saturated rings. The predicted octanol–water partition coefficient (Wildman–Crippen LogP) is 6.61. The monoisotopic (exact) mass is 482 g/mol. The first kappa shape index (κ1) is 31.1. The number of carbonyl (C=O) groups is 1. The zero-order valence-corrected chi connectivity index (χ0v) is 23.1. The van der Waals surface area contributed by atoms with E-state index in [1.165, 1.54) is 5.57 Å². The van der Waals surface area contributed by atoms with Crippen molar-refractivity contribution in [2.75, 3.05) is 7.11 Å². The summed E-state index contributed by atoms with van der Waals surface area (Å²) in [4.78, 5) is 10.9. The molecule has 0 aromatic rings. The molecule has 0 aromatic heterocycles. The maximum Gasteiger partial charge on any atom is 0.306 e. The average Bonchev–Trinajstić information content (AvgIpc) is 2.75. The third-order valence-electron chi connectivity index (χ3n) is 8.36. The van der Waals surface area contributed by atoms with E-state index in [9.17, 15) is 15.0 Å². The smallest absolute Gasteiger partial charge is 0.306 e. The summed E-state index contributed by atoms with van der Waals surface area (Å²) in [5, 5.41) is 30.1. The van der Waals surface area contributed by atoms with Crippen LogP contribution >= 0.6 is 0 Å². The van der Waals surface area contributed by atoms with Gasteiger partial charge in [0.2, 0.25) is 0 Å². The van der Waals surface area contributed by atoms with Crippen molar-refractivity contribution in [1.29, 1.82) is 0 Å². The summed E-state index contributed by atoms with van der Waals surface area (Å²) in [5.41, 5.74) is 0.631. The number of aliphatic hydroxyl groups excluding tert-OH is 1. The normalized spacial score (nSPS) is 27.5. The number of aliphatic carboxylic acids is 1. The van der Waals surface area contributed by atoms with E-state index in [-0.39, 0.29) is 24.0 Å². The van der Waals surface area contributed by atoms with E-state index >= 15 is 0 Å². The molecule has 0 saturated carbocycles. The lowest BCUT2D eigenvalue weighted by Crippen LogP contribution is -2.38. The van der Waals surface area contributed by atoms with E-state index in [2.05, 4.69) is 27.7 Å². The van der Waals surface area contributed by atoms with Gasteiger partial charge in [0.1, 0.15) is 0 Å². The summed E-state index contributed by atoms with van der Waals surface area (Å²) in [6, 6.07) is 0. The second-order valence-corrected chi connectivity index (χ2v) is 11.8. The van der Waals surface area contributed by atoms with Gasteiger partial charge in [0.15, 0.2) is 0 Å². The topological polar surface area (TPSA) is 87.0 Å². The Kier molecular flexibility index (Phi) is 14.0. The highest BCUT2D eigenvalue weighted by atomic mass is 16.5. The molecule has 0 saturated heterocycles. The quantitative estimate of drug-likeness (QED) is 0.203. The van der Waals surface area contributed by atoms with Crippen molar-refractivity contribution in [1.82, 2.24) is 0 Å². The van der Waals surface area contributed by atoms with Crippen LogP contribution in [0.5, 0.6) is 0 Å². The Labute approximate surface area is 209 Å². The van der Waals surface area contributed by atoms with Crippen molar-refractivity contribution in [3.8, 4) is 0 Å². The number of methoxy groups -OCH3 is 1. The summed E-state index contributed by atoms with van der Waals surface area (Å²) >= 11 is 0. The third-order valence-corrected chi connectivity index (χ3v) is 8.36. The molecule has 5 nitrogen and oxygen atoms in total. The van der Waals surface area contributed by atoms with Gasteiger partial charge in [-0.15, -0.1) is 0 Å². The fourth-order valence-electron chi connectivity index (χ4n) is 5.37. The van der Waals surface area contributed by atoms with Gasteiger partial charge in [-0.25, -0.2) is 0 Å². The molecule has 34 heavy (non-hydrogen) atoms. The van der Waals surface area contributed by atoms with Crippen LogP contribution in [0.2, 0.25) is 0 Å². The van der Waals surface area contributed by atoms with Crippen LogP contribution in [0.15, 0.2) is 11.6 Å². The molecule has 0 radical (unpaired) electrons. The van der Waals surface area contributed by atoms with Gasteiger partial charge in [-0.2, -0.15) is 0 Å². The van der Waals surface area contributed by atoms with Crippen molar-refractivity contribution in [3.63, 3.8) is 0 Å². The first-order chi connectivity index (χ1) is 15.9. The van der Waals surface area contributed by atoms with Crippen LogP contribution in [0.25, 0.3) is 0 Å².